The molecule has 1 spiro atoms. The van der Waals surface area contributed by atoms with E-state index in [1.54, 1.807) is 12.1 Å². The van der Waals surface area contributed by atoms with E-state index in [1.165, 1.54) is 17.0 Å². The number of fused-ring (bicyclic) bond motifs is 2. The molecule has 0 aromatic heterocycles. The van der Waals surface area contributed by atoms with Crippen LogP contribution in [0.5, 0.6) is 11.5 Å². The maximum absolute atomic E-state index is 13.9. The summed E-state index contributed by atoms with van der Waals surface area (Å²) in [6.45, 7) is 1.95. The predicted molar refractivity (Wildman–Crippen MR) is 142 cm³/mol. The molecule has 8 nitrogen and oxygen atoms in total. The number of halogens is 3. The van der Waals surface area contributed by atoms with Crippen molar-refractivity contribution in [3.8, 4) is 11.5 Å². The van der Waals surface area contributed by atoms with E-state index in [1.807, 2.05) is 0 Å². The minimum atomic E-state index is -4.76. The van der Waals surface area contributed by atoms with Crippen LogP contribution in [0.1, 0.15) is 34.3 Å². The Kier molecular flexibility index (Phi) is 7.04. The van der Waals surface area contributed by atoms with Crippen LogP contribution in [0.4, 0.5) is 18.9 Å². The van der Waals surface area contributed by atoms with Gasteiger partial charge >= 0.3 is 6.18 Å². The molecule has 0 unspecified atom stereocenters. The molecule has 0 bridgehead atoms. The monoisotopic (exact) mass is 565 g/mol. The number of rotatable bonds is 5. The molecule has 2 aromatic carbocycles. The molecule has 0 aliphatic carbocycles. The minimum Gasteiger partial charge on any atom is -0.508 e. The normalized spacial score (nSPS) is 20.5. The Morgan fingerprint density at radius 3 is 2.46 bits per heavy atom. The number of carbonyl (C=O) groups excluding carboxylic acids is 2. The maximum Gasteiger partial charge on any atom is 0.417 e. The molecule has 3 aliphatic heterocycles. The Morgan fingerprint density at radius 2 is 1.79 bits per heavy atom. The van der Waals surface area contributed by atoms with Crippen LogP contribution in [0, 0.1) is 0 Å². The number of phenols is 1. The molecule has 2 saturated heterocycles. The van der Waals surface area contributed by atoms with Crippen molar-refractivity contribution in [2.45, 2.75) is 24.4 Å². The van der Waals surface area contributed by atoms with Crippen LogP contribution in [0.25, 0.3) is 0 Å². The highest BCUT2D eigenvalue weighted by Gasteiger charge is 2.48. The minimum absolute atomic E-state index is 0.00588. The zero-order valence-corrected chi connectivity index (χ0v) is 22.1. The Bertz CT molecular complexity index is 1390. The topological polar surface area (TPSA) is 99.2 Å². The van der Waals surface area contributed by atoms with Gasteiger partial charge in [0.05, 0.1) is 16.5 Å². The number of hydrogen-bond acceptors (Lipinski definition) is 6. The zero-order valence-electron chi connectivity index (χ0n) is 21.3. The van der Waals surface area contributed by atoms with E-state index in [2.05, 4.69) is 16.1 Å². The number of piperidine rings is 1. The van der Waals surface area contributed by atoms with E-state index in [4.69, 9.17) is 4.74 Å². The van der Waals surface area contributed by atoms with Crippen LogP contribution in [0.3, 0.4) is 0 Å². The second-order valence-corrected chi connectivity index (χ2v) is 13.1. The third-order valence-electron chi connectivity index (χ3n) is 7.87. The summed E-state index contributed by atoms with van der Waals surface area (Å²) >= 11 is 0. The molecule has 2 N–H and O–H groups in total. The summed E-state index contributed by atoms with van der Waals surface area (Å²) in [6, 6.07) is 8.19. The fourth-order valence-electron chi connectivity index (χ4n) is 5.52. The number of carbonyl (C=O) groups is 2. The summed E-state index contributed by atoms with van der Waals surface area (Å²) in [6.07, 6.45) is -3.67. The average Bonchev–Trinajstić information content (AvgIpc) is 3.14. The summed E-state index contributed by atoms with van der Waals surface area (Å²) in [5, 5.41) is 12.8. The number of ether oxygens (including phenoxy) is 1. The fourth-order valence-corrected chi connectivity index (χ4v) is 6.83. The van der Waals surface area contributed by atoms with Crippen molar-refractivity contribution in [2.24, 2.45) is 0 Å². The molecular weight excluding hydrogens is 535 g/mol. The molecule has 3 heterocycles. The zero-order chi connectivity index (χ0) is 28.0. The van der Waals surface area contributed by atoms with Gasteiger partial charge in [-0.3, -0.25) is 18.7 Å². The number of likely N-dealkylation sites (tertiary alicyclic amines) is 1. The summed E-state index contributed by atoms with van der Waals surface area (Å²) in [5.74, 6) is 3.22. The number of aromatic hydroxyl groups is 1. The number of phenolic OH excluding ortho intramolecular Hbond substituents is 1. The number of amides is 2. The Morgan fingerprint density at radius 1 is 1.10 bits per heavy atom. The third-order valence-corrected chi connectivity index (χ3v) is 9.72. The Labute approximate surface area is 224 Å². The number of benzene rings is 2. The van der Waals surface area contributed by atoms with Gasteiger partial charge in [0.1, 0.15) is 18.1 Å². The summed E-state index contributed by atoms with van der Waals surface area (Å²) in [7, 11) is -2.29. The van der Waals surface area contributed by atoms with Gasteiger partial charge < -0.3 is 20.1 Å². The van der Waals surface area contributed by atoms with Crippen molar-refractivity contribution in [2.75, 3.05) is 56.2 Å². The van der Waals surface area contributed by atoms with Crippen LogP contribution in [-0.2, 0) is 25.9 Å². The van der Waals surface area contributed by atoms with Crippen molar-refractivity contribution < 1.29 is 36.8 Å². The van der Waals surface area contributed by atoms with Gasteiger partial charge in [-0.15, -0.1) is 0 Å². The SMILES string of the molecule is C=S1(=O)CCN(C(=O)c2ccc(OCCN3CCC4(CC3)C(=O)Nc3ccc(O)cc34)cc2C(F)(F)F)CC1. The molecule has 0 saturated carbocycles. The molecule has 0 radical (unpaired) electrons. The third kappa shape index (κ3) is 5.44. The van der Waals surface area contributed by atoms with Crippen LogP contribution in [0.15, 0.2) is 36.4 Å². The van der Waals surface area contributed by atoms with Gasteiger partial charge in [0, 0.05) is 36.8 Å². The van der Waals surface area contributed by atoms with E-state index in [-0.39, 0.29) is 48.6 Å². The molecule has 0 atom stereocenters. The molecule has 2 fully saturated rings. The standard InChI is InChI=1S/C27H30F3N3O5S/c1-39(37)14-11-33(12-15-39)24(35)20-4-3-19(17-21(20)27(28,29)30)38-13-10-32-8-6-26(7-9-32)22-16-18(34)2-5-23(22)31-25(26)36/h2-5,16-17,34H,1,6-15H2,(H,31,36). The van der Waals surface area contributed by atoms with Crippen molar-refractivity contribution >= 4 is 32.9 Å². The first-order valence-corrected chi connectivity index (χ1v) is 14.8. The van der Waals surface area contributed by atoms with E-state index >= 15 is 0 Å². The molecule has 39 heavy (non-hydrogen) atoms. The molecule has 5 rings (SSSR count). The summed E-state index contributed by atoms with van der Waals surface area (Å²) in [4.78, 5) is 29.0. The van der Waals surface area contributed by atoms with Gasteiger partial charge in [-0.05, 0) is 83.3 Å². The Hall–Kier alpha value is -3.25. The van der Waals surface area contributed by atoms with E-state index < -0.39 is 38.1 Å². The summed E-state index contributed by atoms with van der Waals surface area (Å²) in [5.41, 5.74) is -0.732. The first-order chi connectivity index (χ1) is 18.4. The Balaban J connectivity index is 1.20. The summed E-state index contributed by atoms with van der Waals surface area (Å²) < 4.78 is 59.3. The lowest BCUT2D eigenvalue weighted by atomic mass is 9.73. The van der Waals surface area contributed by atoms with Gasteiger partial charge in [-0.25, -0.2) is 0 Å². The average molecular weight is 566 g/mol. The number of alkyl halides is 3. The van der Waals surface area contributed by atoms with Gasteiger partial charge in [-0.1, -0.05) is 0 Å². The second kappa shape index (κ2) is 10.1. The second-order valence-electron chi connectivity index (χ2n) is 10.3. The van der Waals surface area contributed by atoms with Gasteiger partial charge in [0.25, 0.3) is 5.91 Å². The molecule has 12 heteroatoms. The van der Waals surface area contributed by atoms with Gasteiger partial charge in [0.15, 0.2) is 0 Å². The quantitative estimate of drug-likeness (QED) is 0.428. The molecule has 3 aliphatic rings. The fraction of sp³-hybridized carbons (Fsp3) is 0.444. The van der Waals surface area contributed by atoms with Crippen LogP contribution in [0.2, 0.25) is 0 Å². The highest BCUT2D eigenvalue weighted by atomic mass is 32.2. The van der Waals surface area contributed by atoms with Gasteiger partial charge in [0.2, 0.25) is 5.91 Å². The smallest absolute Gasteiger partial charge is 0.417 e. The predicted octanol–water partition coefficient (Wildman–Crippen LogP) is 2.95. The highest BCUT2D eigenvalue weighted by Crippen LogP contribution is 2.46. The number of nitrogens with one attached hydrogen (secondary N) is 1. The molecular formula is C27H30F3N3O5S. The van der Waals surface area contributed by atoms with E-state index in [9.17, 15) is 32.1 Å². The molecule has 210 valence electrons. The van der Waals surface area contributed by atoms with E-state index in [0.29, 0.717) is 38.2 Å². The van der Waals surface area contributed by atoms with Crippen molar-refractivity contribution in [3.05, 3.63) is 53.1 Å². The lowest BCUT2D eigenvalue weighted by molar-refractivity contribution is -0.138. The highest BCUT2D eigenvalue weighted by molar-refractivity contribution is 8.00. The van der Waals surface area contributed by atoms with Crippen molar-refractivity contribution in [1.29, 1.82) is 0 Å². The number of hydrogen-bond donors (Lipinski definition) is 2. The first-order valence-electron chi connectivity index (χ1n) is 12.7. The van der Waals surface area contributed by atoms with Crippen LogP contribution < -0.4 is 10.1 Å². The first kappa shape index (κ1) is 27.3. The van der Waals surface area contributed by atoms with E-state index in [0.717, 1.165) is 17.7 Å². The molecule has 2 aromatic rings. The number of nitrogens with zero attached hydrogens (tertiary/aromatic N) is 2. The lowest BCUT2D eigenvalue weighted by Crippen LogP contribution is -2.47. The van der Waals surface area contributed by atoms with Crippen molar-refractivity contribution in [1.82, 2.24) is 9.80 Å². The molecule has 2 amide bonds. The van der Waals surface area contributed by atoms with Crippen LogP contribution in [-0.4, -0.2) is 87.6 Å². The maximum atomic E-state index is 13.9. The van der Waals surface area contributed by atoms with Crippen LogP contribution >= 0.6 is 0 Å². The van der Waals surface area contributed by atoms with Crippen molar-refractivity contribution in [3.63, 3.8) is 0 Å². The largest absolute Gasteiger partial charge is 0.508 e. The van der Waals surface area contributed by atoms with Gasteiger partial charge in [-0.2, -0.15) is 13.2 Å². The lowest BCUT2D eigenvalue weighted by Gasteiger charge is -2.37. The number of anilines is 1.